The number of anilines is 3. The SMILES string of the molecule is CCON(COC)c1nc(N(OC)OC)nc(N(OC)OCC)n1. The van der Waals surface area contributed by atoms with E-state index in [2.05, 4.69) is 15.0 Å². The Hall–Kier alpha value is -1.83. The van der Waals surface area contributed by atoms with Gasteiger partial charge in [0.25, 0.3) is 17.8 Å². The summed E-state index contributed by atoms with van der Waals surface area (Å²) in [6.07, 6.45) is 0. The summed E-state index contributed by atoms with van der Waals surface area (Å²) >= 11 is 0. The molecular formula is C12H24N6O6. The molecule has 1 heterocycles. The smallest absolute Gasteiger partial charge is 0.284 e. The molecule has 0 aliphatic heterocycles. The maximum Gasteiger partial charge on any atom is 0.284 e. The lowest BCUT2D eigenvalue weighted by molar-refractivity contribution is -0.0685. The lowest BCUT2D eigenvalue weighted by Gasteiger charge is -2.24. The van der Waals surface area contributed by atoms with Gasteiger partial charge in [-0.25, -0.2) is 19.4 Å². The summed E-state index contributed by atoms with van der Waals surface area (Å²) in [5.41, 5.74) is 0. The van der Waals surface area contributed by atoms with Crippen LogP contribution in [0.3, 0.4) is 0 Å². The highest BCUT2D eigenvalue weighted by atomic mass is 17.0. The largest absolute Gasteiger partial charge is 0.362 e. The van der Waals surface area contributed by atoms with E-state index in [-0.39, 0.29) is 24.6 Å². The van der Waals surface area contributed by atoms with Crippen LogP contribution in [-0.2, 0) is 28.9 Å². The molecule has 0 bridgehead atoms. The summed E-state index contributed by atoms with van der Waals surface area (Å²) < 4.78 is 5.09. The number of rotatable bonds is 12. The lowest BCUT2D eigenvalue weighted by Crippen LogP contribution is -2.32. The van der Waals surface area contributed by atoms with Gasteiger partial charge in [0.05, 0.1) is 34.5 Å². The summed E-state index contributed by atoms with van der Waals surface area (Å²) in [4.78, 5) is 38.6. The Morgan fingerprint density at radius 2 is 1.21 bits per heavy atom. The van der Waals surface area contributed by atoms with Crippen molar-refractivity contribution >= 4 is 17.8 Å². The van der Waals surface area contributed by atoms with E-state index < -0.39 is 0 Å². The fraction of sp³-hybridized carbons (Fsp3) is 0.750. The molecule has 138 valence electrons. The molecule has 12 nitrogen and oxygen atoms in total. The molecular weight excluding hydrogens is 324 g/mol. The molecule has 1 rings (SSSR count). The summed E-state index contributed by atoms with van der Waals surface area (Å²) in [7, 11) is 5.74. The zero-order valence-corrected chi connectivity index (χ0v) is 14.8. The normalized spacial score (nSPS) is 10.8. The van der Waals surface area contributed by atoms with Crippen LogP contribution >= 0.6 is 0 Å². The highest BCUT2D eigenvalue weighted by Crippen LogP contribution is 2.20. The number of hydrogen-bond acceptors (Lipinski definition) is 12. The van der Waals surface area contributed by atoms with E-state index in [0.717, 1.165) is 10.5 Å². The Morgan fingerprint density at radius 3 is 1.67 bits per heavy atom. The maximum atomic E-state index is 5.45. The number of nitrogens with zero attached hydrogens (tertiary/aromatic N) is 6. The molecule has 0 saturated heterocycles. The first-order valence-corrected chi connectivity index (χ1v) is 7.15. The molecule has 24 heavy (non-hydrogen) atoms. The average molecular weight is 348 g/mol. The van der Waals surface area contributed by atoms with Gasteiger partial charge in [-0.05, 0) is 13.8 Å². The van der Waals surface area contributed by atoms with Crippen molar-refractivity contribution in [2.75, 3.05) is 63.9 Å². The fourth-order valence-electron chi connectivity index (χ4n) is 1.59. The summed E-state index contributed by atoms with van der Waals surface area (Å²) in [5, 5.41) is 3.37. The Kier molecular flexibility index (Phi) is 9.14. The number of methoxy groups -OCH3 is 1. The topological polar surface area (TPSA) is 104 Å². The van der Waals surface area contributed by atoms with Gasteiger partial charge in [0, 0.05) is 7.11 Å². The van der Waals surface area contributed by atoms with Gasteiger partial charge in [0.1, 0.15) is 6.73 Å². The average Bonchev–Trinajstić information content (AvgIpc) is 2.60. The van der Waals surface area contributed by atoms with Crippen LogP contribution in [0, 0.1) is 0 Å². The molecule has 12 heteroatoms. The summed E-state index contributed by atoms with van der Waals surface area (Å²) in [5.74, 6) is 0.279. The van der Waals surface area contributed by atoms with Gasteiger partial charge in [-0.15, -0.1) is 0 Å². The van der Waals surface area contributed by atoms with Crippen LogP contribution in [0.2, 0.25) is 0 Å². The molecule has 0 amide bonds. The number of aromatic nitrogens is 3. The van der Waals surface area contributed by atoms with Crippen molar-refractivity contribution in [3.63, 3.8) is 0 Å². The zero-order chi connectivity index (χ0) is 17.9. The van der Waals surface area contributed by atoms with Gasteiger partial charge in [0.15, 0.2) is 0 Å². The molecule has 0 saturated carbocycles. The second kappa shape index (κ2) is 10.9. The summed E-state index contributed by atoms with van der Waals surface area (Å²) in [6.45, 7) is 4.44. The minimum absolute atomic E-state index is 0.0579. The highest BCUT2D eigenvalue weighted by molar-refractivity contribution is 5.41. The van der Waals surface area contributed by atoms with Crippen LogP contribution in [0.4, 0.5) is 17.8 Å². The predicted molar refractivity (Wildman–Crippen MR) is 83.4 cm³/mol. The fourth-order valence-corrected chi connectivity index (χ4v) is 1.59. The first-order valence-electron chi connectivity index (χ1n) is 7.15. The second-order valence-corrected chi connectivity index (χ2v) is 3.93. The van der Waals surface area contributed by atoms with Gasteiger partial charge in [-0.2, -0.15) is 20.0 Å². The Morgan fingerprint density at radius 1 is 0.708 bits per heavy atom. The van der Waals surface area contributed by atoms with Crippen molar-refractivity contribution in [3.05, 3.63) is 0 Å². The van der Waals surface area contributed by atoms with Crippen molar-refractivity contribution in [3.8, 4) is 0 Å². The van der Waals surface area contributed by atoms with Gasteiger partial charge in [-0.3, -0.25) is 4.84 Å². The standard InChI is InChI=1S/C12H24N6O6/c1-7-23-16(9-19-3)10-13-11(17(20-4)21-5)15-12(14-10)18(22-6)24-8-2/h7-9H2,1-6H3. The number of hydrogen-bond donors (Lipinski definition) is 0. The predicted octanol–water partition coefficient (Wildman–Crippen LogP) is 0.482. The Bertz CT molecular complexity index is 471. The molecule has 0 fully saturated rings. The van der Waals surface area contributed by atoms with E-state index in [9.17, 15) is 0 Å². The first kappa shape index (κ1) is 20.2. The molecule has 0 aliphatic carbocycles. The van der Waals surface area contributed by atoms with Crippen LogP contribution in [-0.4, -0.2) is 63.3 Å². The number of hydroxylamine groups is 1. The van der Waals surface area contributed by atoms with Crippen LogP contribution in [0.1, 0.15) is 13.8 Å². The van der Waals surface area contributed by atoms with E-state index in [1.54, 1.807) is 6.92 Å². The zero-order valence-electron chi connectivity index (χ0n) is 14.8. The van der Waals surface area contributed by atoms with Crippen molar-refractivity contribution in [2.45, 2.75) is 13.8 Å². The Balaban J connectivity index is 3.31. The molecule has 0 aromatic carbocycles. The highest BCUT2D eigenvalue weighted by Gasteiger charge is 2.22. The van der Waals surface area contributed by atoms with Crippen molar-refractivity contribution < 1.29 is 28.9 Å². The van der Waals surface area contributed by atoms with Crippen LogP contribution < -0.4 is 15.5 Å². The lowest BCUT2D eigenvalue weighted by atomic mass is 10.8. The minimum atomic E-state index is 0.0579. The van der Waals surface area contributed by atoms with Crippen molar-refractivity contribution in [2.24, 2.45) is 0 Å². The third-order valence-electron chi connectivity index (χ3n) is 2.42. The molecule has 0 radical (unpaired) electrons. The van der Waals surface area contributed by atoms with E-state index in [0.29, 0.717) is 13.2 Å². The van der Waals surface area contributed by atoms with Crippen molar-refractivity contribution in [1.29, 1.82) is 0 Å². The molecule has 0 unspecified atom stereocenters. The third kappa shape index (κ3) is 5.36. The third-order valence-corrected chi connectivity index (χ3v) is 2.42. The van der Waals surface area contributed by atoms with E-state index >= 15 is 0 Å². The van der Waals surface area contributed by atoms with Gasteiger partial charge < -0.3 is 4.74 Å². The molecule has 0 N–H and O–H groups in total. The molecule has 0 aliphatic rings. The van der Waals surface area contributed by atoms with E-state index in [1.165, 1.54) is 33.5 Å². The molecule has 0 spiro atoms. The van der Waals surface area contributed by atoms with Crippen molar-refractivity contribution in [1.82, 2.24) is 15.0 Å². The monoisotopic (exact) mass is 348 g/mol. The van der Waals surface area contributed by atoms with Crippen LogP contribution in [0.5, 0.6) is 0 Å². The first-order chi connectivity index (χ1) is 11.6. The van der Waals surface area contributed by atoms with Gasteiger partial charge in [-0.1, -0.05) is 10.5 Å². The van der Waals surface area contributed by atoms with Gasteiger partial charge in [0.2, 0.25) is 0 Å². The maximum absolute atomic E-state index is 5.45. The second-order valence-electron chi connectivity index (χ2n) is 3.93. The van der Waals surface area contributed by atoms with E-state index in [1.807, 2.05) is 6.92 Å². The minimum Gasteiger partial charge on any atom is -0.362 e. The summed E-state index contributed by atoms with van der Waals surface area (Å²) in [6, 6.07) is 0. The quantitative estimate of drug-likeness (QED) is 0.387. The van der Waals surface area contributed by atoms with Crippen LogP contribution in [0.15, 0.2) is 0 Å². The van der Waals surface area contributed by atoms with Crippen LogP contribution in [0.25, 0.3) is 0 Å². The molecule has 1 aromatic heterocycles. The Labute approximate surface area is 140 Å². The number of ether oxygens (including phenoxy) is 1. The van der Waals surface area contributed by atoms with Gasteiger partial charge >= 0.3 is 0 Å². The molecule has 1 aromatic rings. The molecule has 0 atom stereocenters. The van der Waals surface area contributed by atoms with E-state index in [4.69, 9.17) is 28.9 Å².